The molecule has 0 radical (unpaired) electrons. The molecular weight excluding hydrogens is 199 g/mol. The summed E-state index contributed by atoms with van der Waals surface area (Å²) in [5.41, 5.74) is 0. The second-order valence-electron chi connectivity index (χ2n) is 1.77. The minimum Gasteiger partial charge on any atom is -0.402 e. The predicted molar refractivity (Wildman–Crippen MR) is 32.4 cm³/mol. The Morgan fingerprint density at radius 2 is 1.31 bits per heavy atom. The van der Waals surface area contributed by atoms with Crippen LogP contribution in [0, 0.1) is 0 Å². The van der Waals surface area contributed by atoms with Crippen LogP contribution < -0.4 is 0 Å². The Morgan fingerprint density at radius 1 is 1.00 bits per heavy atom. The van der Waals surface area contributed by atoms with Gasteiger partial charge in [-0.05, 0) is 0 Å². The van der Waals surface area contributed by atoms with E-state index in [2.05, 4.69) is 9.31 Å². The number of hydrogen-bond acceptors (Lipinski definition) is 6. The Morgan fingerprint density at radius 3 is 1.46 bits per heavy atom. The lowest BCUT2D eigenvalue weighted by Crippen LogP contribution is -2.47. The molecule has 0 bridgehead atoms. The summed E-state index contributed by atoms with van der Waals surface area (Å²) >= 11 is 0. The van der Waals surface area contributed by atoms with Crippen molar-refractivity contribution in [3.05, 3.63) is 0 Å². The Bertz CT molecular complexity index is 145. The molecule has 6 nitrogen and oxygen atoms in total. The number of halogens is 3. The van der Waals surface area contributed by atoms with E-state index in [1.807, 2.05) is 0 Å². The molecule has 0 aromatic heterocycles. The summed E-state index contributed by atoms with van der Waals surface area (Å²) in [5, 5.41) is 31.9. The van der Waals surface area contributed by atoms with Crippen LogP contribution in [0.3, 0.4) is 0 Å². The molecule has 0 amide bonds. The average Bonchev–Trinajstić information content (AvgIpc) is 1.82. The summed E-state index contributed by atoms with van der Waals surface area (Å²) in [6.45, 7) is 0. The first-order chi connectivity index (χ1) is 5.78. The second-order valence-corrected chi connectivity index (χ2v) is 1.77. The van der Waals surface area contributed by atoms with E-state index >= 15 is 0 Å². The van der Waals surface area contributed by atoms with Gasteiger partial charge in [0.05, 0.1) is 0 Å². The zero-order chi connectivity index (χ0) is 10.6. The van der Waals surface area contributed by atoms with E-state index in [4.69, 9.17) is 20.1 Å². The molecule has 0 aromatic rings. The molecule has 0 aliphatic carbocycles. The molecule has 0 saturated carbocycles. The minimum atomic E-state index is -4.29. The molecule has 0 unspecified atom stereocenters. The summed E-state index contributed by atoms with van der Waals surface area (Å²) in [6.07, 6.45) is -3.95. The first-order valence-electron chi connectivity index (χ1n) is 2.83. The molecule has 0 fully saturated rings. The summed E-state index contributed by atoms with van der Waals surface area (Å²) in [7, 11) is -5.75. The average molecular weight is 204 g/mol. The van der Waals surface area contributed by atoms with Gasteiger partial charge in [0.2, 0.25) is 0 Å². The van der Waals surface area contributed by atoms with Gasteiger partial charge in [-0.25, -0.2) is 8.78 Å². The molecule has 4 N–H and O–H groups in total. The van der Waals surface area contributed by atoms with E-state index < -0.39 is 27.1 Å². The summed E-state index contributed by atoms with van der Waals surface area (Å²) < 4.78 is 42.4. The summed E-state index contributed by atoms with van der Waals surface area (Å²) in [4.78, 5) is 0. The van der Waals surface area contributed by atoms with Gasteiger partial charge >= 0.3 is 27.1 Å². The van der Waals surface area contributed by atoms with Gasteiger partial charge < -0.3 is 29.4 Å². The van der Waals surface area contributed by atoms with Crippen molar-refractivity contribution in [2.75, 3.05) is 0 Å². The van der Waals surface area contributed by atoms with Gasteiger partial charge in [0.15, 0.2) is 0 Å². The lowest BCUT2D eigenvalue weighted by Gasteiger charge is -2.24. The highest BCUT2D eigenvalue weighted by Gasteiger charge is 2.49. The molecule has 0 aliphatic heterocycles. The van der Waals surface area contributed by atoms with Crippen molar-refractivity contribution in [3.8, 4) is 0 Å². The van der Waals surface area contributed by atoms with Gasteiger partial charge in [0.1, 0.15) is 0 Å². The molecule has 0 rings (SSSR count). The molecule has 0 spiro atoms. The van der Waals surface area contributed by atoms with Crippen molar-refractivity contribution >= 4 is 14.6 Å². The first kappa shape index (κ1) is 12.7. The van der Waals surface area contributed by atoms with Crippen LogP contribution in [0.2, 0.25) is 0 Å². The van der Waals surface area contributed by atoms with Crippen molar-refractivity contribution < 1.29 is 42.6 Å². The van der Waals surface area contributed by atoms with Crippen LogP contribution in [-0.4, -0.2) is 47.2 Å². The normalized spacial score (nSPS) is 12.0. The molecule has 0 heterocycles. The monoisotopic (exact) mass is 204 g/mol. The first-order valence-corrected chi connectivity index (χ1v) is 2.83. The van der Waals surface area contributed by atoms with Crippen molar-refractivity contribution in [1.29, 1.82) is 0 Å². The lowest BCUT2D eigenvalue weighted by molar-refractivity contribution is -0.308. The fourth-order valence-corrected chi connectivity index (χ4v) is 0.418. The Labute approximate surface area is 70.9 Å². The van der Waals surface area contributed by atoms with Crippen LogP contribution in [-0.2, 0) is 9.31 Å². The van der Waals surface area contributed by atoms with Crippen LogP contribution in [0.4, 0.5) is 13.2 Å². The van der Waals surface area contributed by atoms with Gasteiger partial charge in [-0.3, -0.25) is 0 Å². The Hall–Kier alpha value is -0.320. The van der Waals surface area contributed by atoms with E-state index in [0.29, 0.717) is 0 Å². The van der Waals surface area contributed by atoms with Crippen LogP contribution >= 0.6 is 0 Å². The van der Waals surface area contributed by atoms with E-state index in [0.717, 1.165) is 0 Å². The topological polar surface area (TPSA) is 99.4 Å². The smallest absolute Gasteiger partial charge is 0.402 e. The van der Waals surface area contributed by atoms with E-state index in [9.17, 15) is 13.2 Å². The van der Waals surface area contributed by atoms with E-state index in [1.54, 1.807) is 0 Å². The van der Waals surface area contributed by atoms with E-state index in [1.165, 1.54) is 0 Å². The largest absolute Gasteiger partial charge is 0.638 e. The minimum absolute atomic E-state index is 2.88. The molecular formula is C2H5B2F3O6. The maximum atomic E-state index is 12.6. The third-order valence-corrected chi connectivity index (χ3v) is 0.793. The van der Waals surface area contributed by atoms with Crippen molar-refractivity contribution in [2.24, 2.45) is 0 Å². The lowest BCUT2D eigenvalue weighted by atomic mass is 10.2. The van der Waals surface area contributed by atoms with Gasteiger partial charge in [-0.15, -0.1) is 0 Å². The summed E-state index contributed by atoms with van der Waals surface area (Å²) in [5.74, 6) is 0. The Balaban J connectivity index is 4.34. The van der Waals surface area contributed by atoms with Gasteiger partial charge in [0.25, 0.3) is 0 Å². The zero-order valence-corrected chi connectivity index (χ0v) is 5.97. The third kappa shape index (κ3) is 4.45. The number of rotatable bonds is 5. The van der Waals surface area contributed by atoms with Crippen molar-refractivity contribution in [1.82, 2.24) is 0 Å². The maximum Gasteiger partial charge on any atom is 0.638 e. The quantitative estimate of drug-likeness (QED) is 0.300. The number of alkyl halides is 3. The molecule has 13 heavy (non-hydrogen) atoms. The third-order valence-electron chi connectivity index (χ3n) is 0.793. The van der Waals surface area contributed by atoms with Crippen LogP contribution in [0.25, 0.3) is 0 Å². The predicted octanol–water partition coefficient (Wildman–Crippen LogP) is -2.15. The molecule has 0 saturated heterocycles. The SMILES string of the molecule is OB(O)OC(F)(OB(O)O)C(F)F. The number of hydrogen-bond donors (Lipinski definition) is 4. The van der Waals surface area contributed by atoms with Crippen LogP contribution in [0.1, 0.15) is 0 Å². The van der Waals surface area contributed by atoms with Gasteiger partial charge in [-0.1, -0.05) is 0 Å². The molecule has 76 valence electrons. The fourth-order valence-electron chi connectivity index (χ4n) is 0.418. The van der Waals surface area contributed by atoms with Crippen molar-refractivity contribution in [2.45, 2.75) is 12.5 Å². The van der Waals surface area contributed by atoms with Gasteiger partial charge in [0, 0.05) is 0 Å². The molecule has 0 aromatic carbocycles. The summed E-state index contributed by atoms with van der Waals surface area (Å²) in [6, 6.07) is -4.29. The molecule has 11 heteroatoms. The highest BCUT2D eigenvalue weighted by molar-refractivity contribution is 6.34. The maximum absolute atomic E-state index is 12.6. The van der Waals surface area contributed by atoms with Crippen LogP contribution in [0.5, 0.6) is 0 Å². The standard InChI is InChI=1S/C2H5B2F3O6/c5-1(6)2(7,12-3(8)9)13-4(10)11/h1,8-11H. The highest BCUT2D eigenvalue weighted by Crippen LogP contribution is 2.24. The van der Waals surface area contributed by atoms with Crippen molar-refractivity contribution in [3.63, 3.8) is 0 Å². The Kier molecular flexibility index (Phi) is 4.67. The highest BCUT2D eigenvalue weighted by atomic mass is 19.3. The second kappa shape index (κ2) is 4.79. The molecule has 0 aliphatic rings. The van der Waals surface area contributed by atoms with E-state index in [-0.39, 0.29) is 0 Å². The van der Waals surface area contributed by atoms with Gasteiger partial charge in [-0.2, -0.15) is 4.39 Å². The molecule has 0 atom stereocenters. The fraction of sp³-hybridized carbons (Fsp3) is 1.00. The van der Waals surface area contributed by atoms with Crippen LogP contribution in [0.15, 0.2) is 0 Å². The zero-order valence-electron chi connectivity index (χ0n) is 5.97.